The highest BCUT2D eigenvalue weighted by Crippen LogP contribution is 2.03. The average Bonchev–Trinajstić information content (AvgIpc) is 2.47. The summed E-state index contributed by atoms with van der Waals surface area (Å²) in [6.07, 6.45) is 2.50. The van der Waals surface area contributed by atoms with E-state index in [1.165, 1.54) is 12.8 Å². The summed E-state index contributed by atoms with van der Waals surface area (Å²) in [5.41, 5.74) is 0. The normalized spacial score (nSPS) is 16.6. The Hall–Kier alpha value is -0.730. The van der Waals surface area contributed by atoms with Crippen molar-refractivity contribution in [1.82, 2.24) is 9.80 Å². The third-order valence-corrected chi connectivity index (χ3v) is 2.22. The van der Waals surface area contributed by atoms with Crippen molar-refractivity contribution in [2.75, 3.05) is 33.7 Å². The lowest BCUT2D eigenvalue weighted by Crippen LogP contribution is -2.37. The van der Waals surface area contributed by atoms with Crippen LogP contribution >= 0.6 is 0 Å². The van der Waals surface area contributed by atoms with E-state index in [0.29, 0.717) is 0 Å². The molecule has 0 spiro atoms. The standard InChI is InChI=1S/C9H19N3/c1-4-5-7-11(2)9-10-6-8-12(9)3/h4-8H2,1-3H3. The second-order valence-corrected chi connectivity index (χ2v) is 3.38. The van der Waals surface area contributed by atoms with E-state index in [2.05, 4.69) is 35.8 Å². The number of hydrogen-bond donors (Lipinski definition) is 0. The van der Waals surface area contributed by atoms with Crippen molar-refractivity contribution in [1.29, 1.82) is 0 Å². The molecule has 0 aromatic heterocycles. The van der Waals surface area contributed by atoms with Gasteiger partial charge >= 0.3 is 0 Å². The number of aliphatic imine (C=N–C) groups is 1. The quantitative estimate of drug-likeness (QED) is 0.628. The van der Waals surface area contributed by atoms with Crippen molar-refractivity contribution in [2.45, 2.75) is 19.8 Å². The van der Waals surface area contributed by atoms with Gasteiger partial charge in [0.25, 0.3) is 0 Å². The van der Waals surface area contributed by atoms with E-state index in [-0.39, 0.29) is 0 Å². The van der Waals surface area contributed by atoms with Crippen molar-refractivity contribution in [3.63, 3.8) is 0 Å². The molecule has 0 aliphatic carbocycles. The van der Waals surface area contributed by atoms with Crippen molar-refractivity contribution < 1.29 is 0 Å². The maximum absolute atomic E-state index is 4.44. The minimum Gasteiger partial charge on any atom is -0.346 e. The van der Waals surface area contributed by atoms with E-state index < -0.39 is 0 Å². The van der Waals surface area contributed by atoms with Gasteiger partial charge in [-0.25, -0.2) is 0 Å². The van der Waals surface area contributed by atoms with E-state index in [0.717, 1.165) is 25.6 Å². The molecule has 70 valence electrons. The van der Waals surface area contributed by atoms with Crippen LogP contribution in [0.1, 0.15) is 19.8 Å². The first-order valence-electron chi connectivity index (χ1n) is 4.72. The van der Waals surface area contributed by atoms with Gasteiger partial charge in [0.2, 0.25) is 0 Å². The number of likely N-dealkylation sites (N-methyl/N-ethyl adjacent to an activating group) is 1. The molecule has 1 aliphatic heterocycles. The summed E-state index contributed by atoms with van der Waals surface area (Å²) in [5.74, 6) is 1.16. The summed E-state index contributed by atoms with van der Waals surface area (Å²) in [5, 5.41) is 0. The Morgan fingerprint density at radius 3 is 2.83 bits per heavy atom. The fourth-order valence-corrected chi connectivity index (χ4v) is 1.43. The highest BCUT2D eigenvalue weighted by molar-refractivity contribution is 5.81. The van der Waals surface area contributed by atoms with Crippen LogP contribution in [-0.2, 0) is 0 Å². The largest absolute Gasteiger partial charge is 0.346 e. The molecular weight excluding hydrogens is 150 g/mol. The van der Waals surface area contributed by atoms with Crippen LogP contribution in [0.3, 0.4) is 0 Å². The number of unbranched alkanes of at least 4 members (excludes halogenated alkanes) is 1. The third-order valence-electron chi connectivity index (χ3n) is 2.22. The fraction of sp³-hybridized carbons (Fsp3) is 0.889. The first-order valence-corrected chi connectivity index (χ1v) is 4.72. The molecule has 0 N–H and O–H groups in total. The first-order chi connectivity index (χ1) is 5.75. The molecule has 0 unspecified atom stereocenters. The van der Waals surface area contributed by atoms with Gasteiger partial charge in [-0.1, -0.05) is 13.3 Å². The molecule has 3 nitrogen and oxygen atoms in total. The van der Waals surface area contributed by atoms with Crippen LogP contribution in [0.25, 0.3) is 0 Å². The van der Waals surface area contributed by atoms with Gasteiger partial charge in [-0.05, 0) is 6.42 Å². The zero-order valence-electron chi connectivity index (χ0n) is 8.38. The summed E-state index contributed by atoms with van der Waals surface area (Å²) < 4.78 is 0. The third kappa shape index (κ3) is 2.13. The van der Waals surface area contributed by atoms with Crippen LogP contribution in [0.15, 0.2) is 4.99 Å². The van der Waals surface area contributed by atoms with E-state index in [1.807, 2.05) is 0 Å². The van der Waals surface area contributed by atoms with Crippen LogP contribution < -0.4 is 0 Å². The van der Waals surface area contributed by atoms with Gasteiger partial charge in [-0.15, -0.1) is 0 Å². The molecule has 0 bridgehead atoms. The molecule has 0 radical (unpaired) electrons. The highest BCUT2D eigenvalue weighted by Gasteiger charge is 2.15. The fourth-order valence-electron chi connectivity index (χ4n) is 1.43. The second-order valence-electron chi connectivity index (χ2n) is 3.38. The van der Waals surface area contributed by atoms with E-state index in [4.69, 9.17) is 0 Å². The lowest BCUT2D eigenvalue weighted by Gasteiger charge is -2.24. The van der Waals surface area contributed by atoms with E-state index >= 15 is 0 Å². The Bertz CT molecular complexity index is 165. The molecule has 1 aliphatic rings. The summed E-state index contributed by atoms with van der Waals surface area (Å²) in [6.45, 7) is 5.38. The smallest absolute Gasteiger partial charge is 0.196 e. The van der Waals surface area contributed by atoms with Gasteiger partial charge in [0.05, 0.1) is 6.54 Å². The molecule has 1 heterocycles. The van der Waals surface area contributed by atoms with E-state index in [1.54, 1.807) is 0 Å². The summed E-state index contributed by atoms with van der Waals surface area (Å²) in [7, 11) is 4.23. The molecule has 0 aromatic carbocycles. The number of hydrogen-bond acceptors (Lipinski definition) is 3. The molecule has 0 aromatic rings. The first kappa shape index (κ1) is 9.36. The highest BCUT2D eigenvalue weighted by atomic mass is 15.4. The Balaban J connectivity index is 2.35. The molecule has 0 saturated heterocycles. The van der Waals surface area contributed by atoms with Crippen LogP contribution in [0.5, 0.6) is 0 Å². The van der Waals surface area contributed by atoms with Crippen LogP contribution in [0, 0.1) is 0 Å². The van der Waals surface area contributed by atoms with Crippen LogP contribution in [0.2, 0.25) is 0 Å². The van der Waals surface area contributed by atoms with Crippen LogP contribution in [0.4, 0.5) is 0 Å². The number of rotatable bonds is 3. The Labute approximate surface area is 75.1 Å². The van der Waals surface area contributed by atoms with Gasteiger partial charge < -0.3 is 9.80 Å². The SMILES string of the molecule is CCCCN(C)C1=NCCN1C. The maximum atomic E-state index is 4.44. The topological polar surface area (TPSA) is 18.8 Å². The minimum atomic E-state index is 0.961. The zero-order valence-corrected chi connectivity index (χ0v) is 8.38. The average molecular weight is 169 g/mol. The van der Waals surface area contributed by atoms with Gasteiger partial charge in [-0.2, -0.15) is 0 Å². The molecule has 1 rings (SSSR count). The Morgan fingerprint density at radius 2 is 2.33 bits per heavy atom. The zero-order chi connectivity index (χ0) is 8.97. The lowest BCUT2D eigenvalue weighted by molar-refractivity contribution is 0.410. The predicted octanol–water partition coefficient (Wildman–Crippen LogP) is 1.02. The van der Waals surface area contributed by atoms with Crippen molar-refractivity contribution in [3.05, 3.63) is 0 Å². The Kier molecular flexibility index (Phi) is 3.38. The second kappa shape index (κ2) is 4.33. The van der Waals surface area contributed by atoms with Gasteiger partial charge in [0, 0.05) is 27.2 Å². The van der Waals surface area contributed by atoms with Crippen LogP contribution in [-0.4, -0.2) is 49.5 Å². The maximum Gasteiger partial charge on any atom is 0.196 e. The summed E-state index contributed by atoms with van der Waals surface area (Å²) in [6, 6.07) is 0. The minimum absolute atomic E-state index is 0.961. The summed E-state index contributed by atoms with van der Waals surface area (Å²) in [4.78, 5) is 8.90. The molecule has 12 heavy (non-hydrogen) atoms. The predicted molar refractivity (Wildman–Crippen MR) is 52.5 cm³/mol. The monoisotopic (exact) mass is 169 g/mol. The molecular formula is C9H19N3. The Morgan fingerprint density at radius 1 is 1.58 bits per heavy atom. The van der Waals surface area contributed by atoms with Crippen molar-refractivity contribution >= 4 is 5.96 Å². The molecule has 3 heteroatoms. The van der Waals surface area contributed by atoms with Gasteiger partial charge in [0.15, 0.2) is 5.96 Å². The number of guanidine groups is 1. The molecule has 0 saturated carbocycles. The van der Waals surface area contributed by atoms with Gasteiger partial charge in [0.1, 0.15) is 0 Å². The lowest BCUT2D eigenvalue weighted by atomic mass is 10.3. The molecule has 0 atom stereocenters. The van der Waals surface area contributed by atoms with Gasteiger partial charge in [-0.3, -0.25) is 4.99 Å². The van der Waals surface area contributed by atoms with E-state index in [9.17, 15) is 0 Å². The van der Waals surface area contributed by atoms with Crippen molar-refractivity contribution in [3.8, 4) is 0 Å². The number of nitrogens with zero attached hydrogens (tertiary/aromatic N) is 3. The molecule has 0 amide bonds. The van der Waals surface area contributed by atoms with Crippen molar-refractivity contribution in [2.24, 2.45) is 4.99 Å². The summed E-state index contributed by atoms with van der Waals surface area (Å²) >= 11 is 0. The molecule has 0 fully saturated rings.